The minimum Gasteiger partial charge on any atom is -0.469 e. The fraction of sp³-hybridized carbons (Fsp3) is 0.846. The van der Waals surface area contributed by atoms with Crippen LogP contribution < -0.4 is 0 Å². The van der Waals surface area contributed by atoms with Crippen LogP contribution >= 0.6 is 0 Å². The van der Waals surface area contributed by atoms with Gasteiger partial charge in [-0.2, -0.15) is 0 Å². The first-order valence-corrected chi connectivity index (χ1v) is 6.22. The minimum atomic E-state index is -0.245. The lowest BCUT2D eigenvalue weighted by Crippen LogP contribution is -1.95. The van der Waals surface area contributed by atoms with Crippen molar-refractivity contribution in [1.29, 1.82) is 0 Å². The first kappa shape index (κ1) is 18.3. The molecule has 4 heteroatoms. The van der Waals surface area contributed by atoms with E-state index in [4.69, 9.17) is 0 Å². The number of ether oxygens (including phenoxy) is 2. The van der Waals surface area contributed by atoms with Crippen LogP contribution in [-0.2, 0) is 19.1 Å². The minimum absolute atomic E-state index is 0.211. The van der Waals surface area contributed by atoms with E-state index >= 15 is 0 Å². The SMILES string of the molecule is C1CCCCC1.CCOC(C)=O.COC(C)=O. The first-order chi connectivity index (χ1) is 8.04. The van der Waals surface area contributed by atoms with Crippen LogP contribution in [0.1, 0.15) is 59.3 Å². The van der Waals surface area contributed by atoms with Gasteiger partial charge in [0.15, 0.2) is 0 Å². The molecule has 0 saturated heterocycles. The highest BCUT2D eigenvalue weighted by atomic mass is 16.5. The third-order valence-electron chi connectivity index (χ3n) is 2.14. The van der Waals surface area contributed by atoms with E-state index in [1.54, 1.807) is 6.92 Å². The van der Waals surface area contributed by atoms with Gasteiger partial charge < -0.3 is 9.47 Å². The number of hydrogen-bond acceptors (Lipinski definition) is 4. The van der Waals surface area contributed by atoms with E-state index in [9.17, 15) is 9.59 Å². The fourth-order valence-corrected chi connectivity index (χ4v) is 1.26. The van der Waals surface area contributed by atoms with Crippen molar-refractivity contribution in [3.05, 3.63) is 0 Å². The molecule has 0 spiro atoms. The Kier molecular flexibility index (Phi) is 16.1. The van der Waals surface area contributed by atoms with E-state index < -0.39 is 0 Å². The molecule has 0 radical (unpaired) electrons. The average Bonchev–Trinajstić information content (AvgIpc) is 2.32. The fourth-order valence-electron chi connectivity index (χ4n) is 1.26. The third kappa shape index (κ3) is 25.3. The highest BCUT2D eigenvalue weighted by molar-refractivity contribution is 5.65. The van der Waals surface area contributed by atoms with Gasteiger partial charge in [-0.1, -0.05) is 38.5 Å². The summed E-state index contributed by atoms with van der Waals surface area (Å²) in [5, 5.41) is 0. The predicted octanol–water partition coefficient (Wildman–Crippen LogP) is 3.09. The topological polar surface area (TPSA) is 52.6 Å². The van der Waals surface area contributed by atoms with Gasteiger partial charge in [-0.3, -0.25) is 9.59 Å². The lowest BCUT2D eigenvalue weighted by atomic mass is 10.0. The van der Waals surface area contributed by atoms with Crippen molar-refractivity contribution in [3.63, 3.8) is 0 Å². The molecule has 1 rings (SSSR count). The molecule has 1 aliphatic rings. The Hall–Kier alpha value is -1.06. The zero-order valence-corrected chi connectivity index (χ0v) is 11.6. The molecule has 0 aromatic carbocycles. The van der Waals surface area contributed by atoms with Crippen LogP contribution in [0, 0.1) is 0 Å². The van der Waals surface area contributed by atoms with Gasteiger partial charge in [-0.25, -0.2) is 0 Å². The summed E-state index contributed by atoms with van der Waals surface area (Å²) in [7, 11) is 1.35. The van der Waals surface area contributed by atoms with Gasteiger partial charge in [0.05, 0.1) is 13.7 Å². The van der Waals surface area contributed by atoms with E-state index in [0.29, 0.717) is 6.61 Å². The molecule has 0 aromatic rings. The molecule has 1 fully saturated rings. The van der Waals surface area contributed by atoms with Gasteiger partial charge in [-0.15, -0.1) is 0 Å². The Morgan fingerprint density at radius 3 is 1.24 bits per heavy atom. The molecule has 17 heavy (non-hydrogen) atoms. The zero-order chi connectivity index (χ0) is 13.5. The number of carbonyl (C=O) groups is 2. The number of esters is 2. The van der Waals surface area contributed by atoms with Crippen LogP contribution in [-0.4, -0.2) is 25.7 Å². The van der Waals surface area contributed by atoms with Crippen LogP contribution in [0.2, 0.25) is 0 Å². The number of hydrogen-bond donors (Lipinski definition) is 0. The lowest BCUT2D eigenvalue weighted by molar-refractivity contribution is -0.140. The summed E-state index contributed by atoms with van der Waals surface area (Å²) in [5.74, 6) is -0.456. The van der Waals surface area contributed by atoms with Crippen molar-refractivity contribution in [3.8, 4) is 0 Å². The smallest absolute Gasteiger partial charge is 0.302 e. The summed E-state index contributed by atoms with van der Waals surface area (Å²) in [6.45, 7) is 5.01. The number of methoxy groups -OCH3 is 1. The molecule has 0 aliphatic heterocycles. The normalized spacial score (nSPS) is 13.2. The predicted molar refractivity (Wildman–Crippen MR) is 67.7 cm³/mol. The van der Waals surface area contributed by atoms with Crippen molar-refractivity contribution >= 4 is 11.9 Å². The zero-order valence-electron chi connectivity index (χ0n) is 11.6. The molecule has 0 unspecified atom stereocenters. The Bertz CT molecular complexity index is 174. The molecular formula is C13H26O4. The lowest BCUT2D eigenvalue weighted by Gasteiger charge is -2.05. The van der Waals surface area contributed by atoms with Crippen molar-refractivity contribution in [2.45, 2.75) is 59.3 Å². The molecule has 1 saturated carbocycles. The second-order valence-electron chi connectivity index (χ2n) is 3.74. The third-order valence-corrected chi connectivity index (χ3v) is 2.14. The summed E-state index contributed by atoms with van der Waals surface area (Å²) >= 11 is 0. The average molecular weight is 246 g/mol. The maximum Gasteiger partial charge on any atom is 0.302 e. The monoisotopic (exact) mass is 246 g/mol. The van der Waals surface area contributed by atoms with Gasteiger partial charge in [0.1, 0.15) is 0 Å². The Morgan fingerprint density at radius 2 is 1.18 bits per heavy atom. The summed E-state index contributed by atoms with van der Waals surface area (Å²) in [4.78, 5) is 19.4. The highest BCUT2D eigenvalue weighted by Crippen LogP contribution is 2.15. The van der Waals surface area contributed by atoms with Crippen molar-refractivity contribution in [1.82, 2.24) is 0 Å². The standard InChI is InChI=1S/C6H12.C4H8O2.C3H6O2/c1-2-4-6-5-3-1;1-3-6-4(2)5;1-3(4)5-2/h1-6H2;3H2,1-2H3;1-2H3. The number of carbonyl (C=O) groups excluding carboxylic acids is 2. The first-order valence-electron chi connectivity index (χ1n) is 6.22. The summed E-state index contributed by atoms with van der Waals surface area (Å²) in [6, 6.07) is 0. The van der Waals surface area contributed by atoms with E-state index in [1.165, 1.54) is 59.5 Å². The molecule has 0 bridgehead atoms. The maximum atomic E-state index is 9.82. The molecule has 0 aromatic heterocycles. The highest BCUT2D eigenvalue weighted by Gasteiger charge is 1.95. The van der Waals surface area contributed by atoms with Crippen molar-refractivity contribution < 1.29 is 19.1 Å². The van der Waals surface area contributed by atoms with E-state index in [1.807, 2.05) is 0 Å². The van der Waals surface area contributed by atoms with Gasteiger partial charge >= 0.3 is 11.9 Å². The van der Waals surface area contributed by atoms with Crippen LogP contribution in [0.25, 0.3) is 0 Å². The van der Waals surface area contributed by atoms with E-state index in [0.717, 1.165) is 0 Å². The van der Waals surface area contributed by atoms with Crippen LogP contribution in [0.15, 0.2) is 0 Å². The number of rotatable bonds is 1. The Labute approximate surface area is 105 Å². The molecule has 0 atom stereocenters. The molecular weight excluding hydrogens is 220 g/mol. The maximum absolute atomic E-state index is 9.82. The molecule has 0 N–H and O–H groups in total. The second kappa shape index (κ2) is 14.9. The van der Waals surface area contributed by atoms with Crippen LogP contribution in [0.5, 0.6) is 0 Å². The van der Waals surface area contributed by atoms with Gasteiger partial charge in [0.25, 0.3) is 0 Å². The molecule has 102 valence electrons. The van der Waals surface area contributed by atoms with Crippen molar-refractivity contribution in [2.75, 3.05) is 13.7 Å². The van der Waals surface area contributed by atoms with Gasteiger partial charge in [0, 0.05) is 13.8 Å². The van der Waals surface area contributed by atoms with Gasteiger partial charge in [0.2, 0.25) is 0 Å². The largest absolute Gasteiger partial charge is 0.469 e. The Balaban J connectivity index is 0. The van der Waals surface area contributed by atoms with E-state index in [-0.39, 0.29) is 11.9 Å². The molecule has 0 amide bonds. The second-order valence-corrected chi connectivity index (χ2v) is 3.74. The summed E-state index contributed by atoms with van der Waals surface area (Å²) in [5.41, 5.74) is 0. The van der Waals surface area contributed by atoms with Gasteiger partial charge in [-0.05, 0) is 6.92 Å². The summed E-state index contributed by atoms with van der Waals surface area (Å²) < 4.78 is 8.51. The van der Waals surface area contributed by atoms with Crippen LogP contribution in [0.4, 0.5) is 0 Å². The van der Waals surface area contributed by atoms with Crippen molar-refractivity contribution in [2.24, 2.45) is 0 Å². The molecule has 0 heterocycles. The Morgan fingerprint density at radius 1 is 0.882 bits per heavy atom. The quantitative estimate of drug-likeness (QED) is 0.667. The van der Waals surface area contributed by atoms with E-state index in [2.05, 4.69) is 9.47 Å². The summed E-state index contributed by atoms with van der Waals surface area (Å²) in [6.07, 6.45) is 9.00. The molecule has 1 aliphatic carbocycles. The molecule has 4 nitrogen and oxygen atoms in total. The van der Waals surface area contributed by atoms with Crippen LogP contribution in [0.3, 0.4) is 0 Å².